The summed E-state index contributed by atoms with van der Waals surface area (Å²) in [7, 11) is 1.55. The number of ether oxygens (including phenoxy) is 1. The van der Waals surface area contributed by atoms with Gasteiger partial charge >= 0.3 is 0 Å². The molecule has 0 bridgehead atoms. The lowest BCUT2D eigenvalue weighted by molar-refractivity contribution is 0.415. The molecule has 0 aliphatic rings. The molecule has 0 N–H and O–H groups in total. The third-order valence-corrected chi connectivity index (χ3v) is 5.08. The van der Waals surface area contributed by atoms with Crippen LogP contribution in [-0.4, -0.2) is 7.11 Å². The van der Waals surface area contributed by atoms with Crippen LogP contribution in [0.2, 0.25) is 10.0 Å². The van der Waals surface area contributed by atoms with Gasteiger partial charge in [-0.05, 0) is 35.7 Å². The van der Waals surface area contributed by atoms with Crippen molar-refractivity contribution in [1.29, 1.82) is 0 Å². The van der Waals surface area contributed by atoms with Crippen molar-refractivity contribution in [3.63, 3.8) is 0 Å². The van der Waals surface area contributed by atoms with E-state index < -0.39 is 0 Å². The largest absolute Gasteiger partial charge is 0.495 e. The van der Waals surface area contributed by atoms with Crippen molar-refractivity contribution < 1.29 is 4.74 Å². The van der Waals surface area contributed by atoms with Crippen LogP contribution in [0.5, 0.6) is 5.75 Å². The predicted molar refractivity (Wildman–Crippen MR) is 89.6 cm³/mol. The van der Waals surface area contributed by atoms with E-state index in [2.05, 4.69) is 15.9 Å². The lowest BCUT2D eigenvalue weighted by Gasteiger charge is -2.17. The Hall–Kier alpha value is -0.410. The fourth-order valence-electron chi connectivity index (χ4n) is 1.96. The molecular weight excluding hydrogens is 382 g/mol. The Balaban J connectivity index is 2.51. The average molecular weight is 395 g/mol. The lowest BCUT2D eigenvalue weighted by atomic mass is 10.00. The predicted octanol–water partition coefficient (Wildman–Crippen LogP) is 6.40. The molecule has 0 fully saturated rings. The van der Waals surface area contributed by atoms with E-state index in [0.717, 1.165) is 21.2 Å². The lowest BCUT2D eigenvalue weighted by Crippen LogP contribution is -1.99. The Kier molecular flexibility index (Phi) is 5.25. The highest BCUT2D eigenvalue weighted by Gasteiger charge is 2.19. The van der Waals surface area contributed by atoms with E-state index in [9.17, 15) is 0 Å². The molecule has 106 valence electrons. The van der Waals surface area contributed by atoms with Crippen molar-refractivity contribution in [2.24, 2.45) is 0 Å². The van der Waals surface area contributed by atoms with Gasteiger partial charge in [-0.1, -0.05) is 51.3 Å². The second kappa shape index (κ2) is 6.57. The molecular formula is C15H12BrCl3O. The number of rotatable bonds is 3. The molecule has 0 saturated carbocycles. The number of benzene rings is 2. The summed E-state index contributed by atoms with van der Waals surface area (Å²) in [6.07, 6.45) is 0. The Morgan fingerprint density at radius 2 is 1.80 bits per heavy atom. The molecule has 0 heterocycles. The molecule has 1 nitrogen and oxygen atoms in total. The minimum atomic E-state index is -0.372. The fraction of sp³-hybridized carbons (Fsp3) is 0.200. The van der Waals surface area contributed by atoms with Crippen molar-refractivity contribution in [3.8, 4) is 5.75 Å². The van der Waals surface area contributed by atoms with Crippen LogP contribution in [0, 0.1) is 6.92 Å². The molecule has 1 atom stereocenters. The van der Waals surface area contributed by atoms with Gasteiger partial charge in [-0.3, -0.25) is 0 Å². The SMILES string of the molecule is COc1cc(Cl)c(C(Cl)c2cccc(Br)c2C)cc1Cl. The first-order valence-corrected chi connectivity index (χ1v) is 7.86. The zero-order chi connectivity index (χ0) is 14.9. The summed E-state index contributed by atoms with van der Waals surface area (Å²) in [6.45, 7) is 2.01. The van der Waals surface area contributed by atoms with Crippen LogP contribution < -0.4 is 4.74 Å². The second-order valence-corrected chi connectivity index (χ2v) is 6.43. The molecule has 2 aromatic carbocycles. The van der Waals surface area contributed by atoms with Gasteiger partial charge in [0.2, 0.25) is 0 Å². The summed E-state index contributed by atoms with van der Waals surface area (Å²) in [5.41, 5.74) is 2.83. The van der Waals surface area contributed by atoms with Gasteiger partial charge in [-0.15, -0.1) is 11.6 Å². The second-order valence-electron chi connectivity index (χ2n) is 4.32. The normalized spacial score (nSPS) is 12.3. The summed E-state index contributed by atoms with van der Waals surface area (Å²) in [6, 6.07) is 9.33. The molecule has 5 heteroatoms. The van der Waals surface area contributed by atoms with Crippen molar-refractivity contribution in [3.05, 3.63) is 61.5 Å². The Morgan fingerprint density at radius 1 is 1.10 bits per heavy atom. The smallest absolute Gasteiger partial charge is 0.138 e. The molecule has 0 aliphatic carbocycles. The van der Waals surface area contributed by atoms with Gasteiger partial charge in [0.25, 0.3) is 0 Å². The minimum Gasteiger partial charge on any atom is -0.495 e. The van der Waals surface area contributed by atoms with E-state index in [0.29, 0.717) is 15.8 Å². The molecule has 0 spiro atoms. The first kappa shape index (κ1) is 16.0. The molecule has 2 aromatic rings. The van der Waals surface area contributed by atoms with Crippen LogP contribution in [0.25, 0.3) is 0 Å². The van der Waals surface area contributed by atoms with Gasteiger partial charge in [0.05, 0.1) is 17.5 Å². The maximum Gasteiger partial charge on any atom is 0.138 e. The van der Waals surface area contributed by atoms with Crippen LogP contribution >= 0.6 is 50.7 Å². The molecule has 0 saturated heterocycles. The number of methoxy groups -OCH3 is 1. The molecule has 0 amide bonds. The third-order valence-electron chi connectivity index (χ3n) is 3.13. The maximum absolute atomic E-state index is 6.58. The summed E-state index contributed by atoms with van der Waals surface area (Å²) < 4.78 is 6.15. The van der Waals surface area contributed by atoms with E-state index in [4.69, 9.17) is 39.5 Å². The molecule has 2 rings (SSSR count). The van der Waals surface area contributed by atoms with Gasteiger partial charge in [0.15, 0.2) is 0 Å². The van der Waals surface area contributed by atoms with E-state index >= 15 is 0 Å². The van der Waals surface area contributed by atoms with Gasteiger partial charge in [0, 0.05) is 15.6 Å². The van der Waals surface area contributed by atoms with Crippen molar-refractivity contribution in [2.45, 2.75) is 12.3 Å². The summed E-state index contributed by atoms with van der Waals surface area (Å²) >= 11 is 22.5. The third kappa shape index (κ3) is 3.09. The Morgan fingerprint density at radius 3 is 2.45 bits per heavy atom. The highest BCUT2D eigenvalue weighted by Crippen LogP contribution is 2.40. The molecule has 0 aliphatic heterocycles. The van der Waals surface area contributed by atoms with Gasteiger partial charge in [0.1, 0.15) is 5.75 Å². The van der Waals surface area contributed by atoms with Crippen molar-refractivity contribution in [2.75, 3.05) is 7.11 Å². The topological polar surface area (TPSA) is 9.23 Å². The minimum absolute atomic E-state index is 0.372. The van der Waals surface area contributed by atoms with Crippen molar-refractivity contribution >= 4 is 50.7 Å². The van der Waals surface area contributed by atoms with Crippen molar-refractivity contribution in [1.82, 2.24) is 0 Å². The van der Waals surface area contributed by atoms with E-state index in [1.807, 2.05) is 25.1 Å². The van der Waals surface area contributed by atoms with Gasteiger partial charge < -0.3 is 4.74 Å². The van der Waals surface area contributed by atoms with Gasteiger partial charge in [-0.25, -0.2) is 0 Å². The summed E-state index contributed by atoms with van der Waals surface area (Å²) in [5, 5.41) is 0.652. The van der Waals surface area contributed by atoms with E-state index in [-0.39, 0.29) is 5.38 Å². The maximum atomic E-state index is 6.58. The van der Waals surface area contributed by atoms with Crippen LogP contribution in [0.15, 0.2) is 34.8 Å². The number of hydrogen-bond acceptors (Lipinski definition) is 1. The number of alkyl halides is 1. The van der Waals surface area contributed by atoms with Crippen LogP contribution in [-0.2, 0) is 0 Å². The van der Waals surface area contributed by atoms with E-state index in [1.165, 1.54) is 0 Å². The Labute approximate surface area is 141 Å². The number of halogens is 4. The monoisotopic (exact) mass is 392 g/mol. The zero-order valence-corrected chi connectivity index (χ0v) is 14.7. The molecule has 0 aromatic heterocycles. The van der Waals surface area contributed by atoms with E-state index in [1.54, 1.807) is 19.2 Å². The van der Waals surface area contributed by atoms with Crippen LogP contribution in [0.1, 0.15) is 22.1 Å². The first-order valence-electron chi connectivity index (χ1n) is 5.87. The fourth-order valence-corrected chi connectivity index (χ4v) is 3.33. The number of hydrogen-bond donors (Lipinski definition) is 0. The highest BCUT2D eigenvalue weighted by atomic mass is 79.9. The first-order chi connectivity index (χ1) is 9.45. The van der Waals surface area contributed by atoms with Gasteiger partial charge in [-0.2, -0.15) is 0 Å². The summed E-state index contributed by atoms with van der Waals surface area (Å²) in [5.74, 6) is 0.537. The van der Waals surface area contributed by atoms with Crippen LogP contribution in [0.3, 0.4) is 0 Å². The van der Waals surface area contributed by atoms with Crippen LogP contribution in [0.4, 0.5) is 0 Å². The average Bonchev–Trinajstić information content (AvgIpc) is 2.43. The summed E-state index contributed by atoms with van der Waals surface area (Å²) in [4.78, 5) is 0. The molecule has 0 radical (unpaired) electrons. The standard InChI is InChI=1S/C15H12BrCl3O/c1-8-9(4-3-5-11(8)16)15(19)10-6-13(18)14(20-2)7-12(10)17/h3-7,15H,1-2H3. The zero-order valence-electron chi connectivity index (χ0n) is 10.9. The molecule has 20 heavy (non-hydrogen) atoms. The molecule has 1 unspecified atom stereocenters. The highest BCUT2D eigenvalue weighted by molar-refractivity contribution is 9.10. The Bertz CT molecular complexity index is 643. The quantitative estimate of drug-likeness (QED) is 0.547.